The highest BCUT2D eigenvalue weighted by atomic mass is 16.5. The molecule has 0 aromatic carbocycles. The standard InChI is InChI=1S/C61H115NO5/c1-3-5-7-9-11-13-15-17-18-19-20-23-26-30-33-37-41-45-49-53-59(64)58(57-63)62-60(65)54-50-46-42-38-34-31-27-24-21-22-25-28-32-36-40-44-48-52-56-67-61(66)55-51-47-43-39-35-29-16-14-12-10-8-6-4-2/h8,10,14,16,24,27,58-59,63-64H,3-7,9,11-13,15,17-23,25-26,28-57H2,1-2H3,(H,62,65)/b10-8-,16-14-,27-24-. The molecule has 0 saturated carbocycles. The van der Waals surface area contributed by atoms with Gasteiger partial charge in [-0.25, -0.2) is 0 Å². The quantitative estimate of drug-likeness (QED) is 0.0321. The summed E-state index contributed by atoms with van der Waals surface area (Å²) in [5.41, 5.74) is 0. The first kappa shape index (κ1) is 65.1. The number of carbonyl (C=O) groups is 2. The van der Waals surface area contributed by atoms with Crippen LogP contribution < -0.4 is 5.32 Å². The molecule has 0 bridgehead atoms. The van der Waals surface area contributed by atoms with Gasteiger partial charge in [0.15, 0.2) is 0 Å². The predicted molar refractivity (Wildman–Crippen MR) is 292 cm³/mol. The van der Waals surface area contributed by atoms with E-state index in [9.17, 15) is 19.8 Å². The minimum Gasteiger partial charge on any atom is -0.466 e. The summed E-state index contributed by atoms with van der Waals surface area (Å²) in [5.74, 6) is -0.0600. The number of carbonyl (C=O) groups excluding carboxylic acids is 2. The Morgan fingerprint density at radius 1 is 0.418 bits per heavy atom. The Labute approximate surface area is 417 Å². The van der Waals surface area contributed by atoms with Crippen molar-refractivity contribution in [3.8, 4) is 0 Å². The molecule has 0 radical (unpaired) electrons. The summed E-state index contributed by atoms with van der Waals surface area (Å²) in [4.78, 5) is 24.5. The molecule has 0 aromatic heterocycles. The minimum absolute atomic E-state index is 0.0123. The number of rotatable bonds is 55. The Bertz CT molecular complexity index is 1090. The van der Waals surface area contributed by atoms with Gasteiger partial charge in [0.05, 0.1) is 25.4 Å². The molecule has 6 nitrogen and oxygen atoms in total. The third kappa shape index (κ3) is 53.3. The second-order valence-corrected chi connectivity index (χ2v) is 20.3. The van der Waals surface area contributed by atoms with Gasteiger partial charge in [-0.05, 0) is 77.0 Å². The molecular formula is C61H115NO5. The number of hydrogen-bond acceptors (Lipinski definition) is 5. The smallest absolute Gasteiger partial charge is 0.305 e. The van der Waals surface area contributed by atoms with Gasteiger partial charge in [0.25, 0.3) is 0 Å². The highest BCUT2D eigenvalue weighted by molar-refractivity contribution is 5.76. The van der Waals surface area contributed by atoms with Gasteiger partial charge in [0.2, 0.25) is 5.91 Å². The van der Waals surface area contributed by atoms with Gasteiger partial charge in [-0.1, -0.05) is 262 Å². The van der Waals surface area contributed by atoms with Gasteiger partial charge in [-0.3, -0.25) is 9.59 Å². The molecular weight excluding hydrogens is 827 g/mol. The molecule has 2 unspecified atom stereocenters. The maximum atomic E-state index is 12.5. The van der Waals surface area contributed by atoms with Crippen LogP contribution in [0.15, 0.2) is 36.5 Å². The number of aliphatic hydroxyl groups excluding tert-OH is 2. The van der Waals surface area contributed by atoms with E-state index in [1.165, 1.54) is 212 Å². The Hall–Kier alpha value is -1.92. The van der Waals surface area contributed by atoms with Gasteiger partial charge in [0, 0.05) is 12.8 Å². The summed E-state index contributed by atoms with van der Waals surface area (Å²) in [6.45, 7) is 4.88. The zero-order valence-electron chi connectivity index (χ0n) is 44.9. The number of aliphatic hydroxyl groups is 2. The second-order valence-electron chi connectivity index (χ2n) is 20.3. The summed E-state index contributed by atoms with van der Waals surface area (Å²) in [7, 11) is 0. The van der Waals surface area contributed by atoms with Gasteiger partial charge < -0.3 is 20.3 Å². The third-order valence-electron chi connectivity index (χ3n) is 13.6. The third-order valence-corrected chi connectivity index (χ3v) is 13.6. The fraction of sp³-hybridized carbons (Fsp3) is 0.869. The molecule has 67 heavy (non-hydrogen) atoms. The molecule has 3 N–H and O–H groups in total. The van der Waals surface area contributed by atoms with Crippen LogP contribution in [0, 0.1) is 0 Å². The first-order valence-corrected chi connectivity index (χ1v) is 29.7. The number of allylic oxidation sites excluding steroid dienone is 6. The van der Waals surface area contributed by atoms with E-state index in [-0.39, 0.29) is 18.5 Å². The summed E-state index contributed by atoms with van der Waals surface area (Å²) >= 11 is 0. The molecule has 0 aliphatic rings. The lowest BCUT2D eigenvalue weighted by molar-refractivity contribution is -0.143. The molecule has 0 aliphatic carbocycles. The van der Waals surface area contributed by atoms with E-state index in [1.807, 2.05) is 0 Å². The van der Waals surface area contributed by atoms with Crippen LogP contribution in [0.5, 0.6) is 0 Å². The normalized spacial score (nSPS) is 12.8. The van der Waals surface area contributed by atoms with Crippen molar-refractivity contribution in [2.75, 3.05) is 13.2 Å². The highest BCUT2D eigenvalue weighted by Gasteiger charge is 2.20. The molecule has 0 rings (SSSR count). The molecule has 0 spiro atoms. The molecule has 0 heterocycles. The van der Waals surface area contributed by atoms with E-state index in [1.54, 1.807) is 0 Å². The maximum Gasteiger partial charge on any atom is 0.305 e. The molecule has 0 fully saturated rings. The SMILES string of the molecule is CCC/C=C\C/C=C\CCCCCCCC(=O)OCCCCCCCCCCC/C=C\CCCCCCCC(=O)NC(CO)C(O)CCCCCCCCCCCCCCCCCCCCC. The van der Waals surface area contributed by atoms with Crippen LogP contribution in [0.1, 0.15) is 316 Å². The van der Waals surface area contributed by atoms with E-state index < -0.39 is 12.1 Å². The van der Waals surface area contributed by atoms with E-state index in [0.717, 1.165) is 70.6 Å². The van der Waals surface area contributed by atoms with Crippen molar-refractivity contribution in [3.05, 3.63) is 36.5 Å². The molecule has 0 aromatic rings. The summed E-state index contributed by atoms with van der Waals surface area (Å²) in [6, 6.07) is -0.553. The first-order chi connectivity index (χ1) is 33.0. The summed E-state index contributed by atoms with van der Waals surface area (Å²) in [6.07, 6.45) is 69.9. The summed E-state index contributed by atoms with van der Waals surface area (Å²) < 4.78 is 5.46. The van der Waals surface area contributed by atoms with Crippen LogP contribution in [-0.4, -0.2) is 47.4 Å². The minimum atomic E-state index is -0.674. The van der Waals surface area contributed by atoms with Crippen LogP contribution in [0.25, 0.3) is 0 Å². The Morgan fingerprint density at radius 3 is 1.21 bits per heavy atom. The largest absolute Gasteiger partial charge is 0.466 e. The van der Waals surface area contributed by atoms with Crippen LogP contribution in [-0.2, 0) is 14.3 Å². The van der Waals surface area contributed by atoms with Gasteiger partial charge in [-0.15, -0.1) is 0 Å². The van der Waals surface area contributed by atoms with Crippen molar-refractivity contribution in [3.63, 3.8) is 0 Å². The summed E-state index contributed by atoms with van der Waals surface area (Å²) in [5, 5.41) is 23.3. The zero-order chi connectivity index (χ0) is 48.6. The number of amides is 1. The van der Waals surface area contributed by atoms with Crippen LogP contribution in [0.2, 0.25) is 0 Å². The van der Waals surface area contributed by atoms with Crippen molar-refractivity contribution >= 4 is 11.9 Å². The first-order valence-electron chi connectivity index (χ1n) is 29.7. The van der Waals surface area contributed by atoms with Crippen molar-refractivity contribution in [1.82, 2.24) is 5.32 Å². The number of unbranched alkanes of at least 4 members (excludes halogenated alkanes) is 38. The zero-order valence-corrected chi connectivity index (χ0v) is 44.9. The van der Waals surface area contributed by atoms with Gasteiger partial charge in [0.1, 0.15) is 0 Å². The van der Waals surface area contributed by atoms with Crippen LogP contribution in [0.3, 0.4) is 0 Å². The lowest BCUT2D eigenvalue weighted by Crippen LogP contribution is -2.45. The number of ether oxygens (including phenoxy) is 1. The second kappa shape index (κ2) is 56.7. The molecule has 6 heteroatoms. The molecule has 2 atom stereocenters. The maximum absolute atomic E-state index is 12.5. The number of hydrogen-bond donors (Lipinski definition) is 3. The Morgan fingerprint density at radius 2 is 0.776 bits per heavy atom. The average Bonchev–Trinajstić information content (AvgIpc) is 3.33. The van der Waals surface area contributed by atoms with E-state index in [0.29, 0.717) is 25.9 Å². The monoisotopic (exact) mass is 942 g/mol. The van der Waals surface area contributed by atoms with Crippen molar-refractivity contribution < 1.29 is 24.5 Å². The highest BCUT2D eigenvalue weighted by Crippen LogP contribution is 2.17. The van der Waals surface area contributed by atoms with E-state index >= 15 is 0 Å². The van der Waals surface area contributed by atoms with Gasteiger partial charge >= 0.3 is 5.97 Å². The predicted octanol–water partition coefficient (Wildman–Crippen LogP) is 18.4. The molecule has 0 saturated heterocycles. The Kier molecular flexibility index (Phi) is 55.0. The fourth-order valence-corrected chi connectivity index (χ4v) is 9.08. The van der Waals surface area contributed by atoms with Crippen molar-refractivity contribution in [2.45, 2.75) is 328 Å². The van der Waals surface area contributed by atoms with E-state index in [4.69, 9.17) is 4.74 Å². The Balaban J connectivity index is 3.46. The lowest BCUT2D eigenvalue weighted by Gasteiger charge is -2.22. The molecule has 0 aliphatic heterocycles. The van der Waals surface area contributed by atoms with Crippen LogP contribution in [0.4, 0.5) is 0 Å². The van der Waals surface area contributed by atoms with E-state index in [2.05, 4.69) is 55.6 Å². The van der Waals surface area contributed by atoms with Crippen molar-refractivity contribution in [2.24, 2.45) is 0 Å². The lowest BCUT2D eigenvalue weighted by atomic mass is 10.0. The number of nitrogens with one attached hydrogen (secondary N) is 1. The number of esters is 1. The van der Waals surface area contributed by atoms with Gasteiger partial charge in [-0.2, -0.15) is 0 Å². The average molecular weight is 943 g/mol. The van der Waals surface area contributed by atoms with Crippen molar-refractivity contribution in [1.29, 1.82) is 0 Å². The topological polar surface area (TPSA) is 95.9 Å². The molecule has 394 valence electrons. The van der Waals surface area contributed by atoms with Crippen LogP contribution >= 0.6 is 0 Å². The fourth-order valence-electron chi connectivity index (χ4n) is 9.08. The molecule has 1 amide bonds.